The number of aromatic nitrogens is 5. The number of amides is 2. The number of anilines is 2. The SMILES string of the molecule is Cc1cccc(C(=O)Nc2cc(F)cc(Oc3cncnc3)c2)c1.O=C(Nc1cc(F)cc(Oc2cncnc2)c1)c1cc(F)ccn1. The third kappa shape index (κ3) is 9.65. The van der Waals surface area contributed by atoms with E-state index in [0.717, 1.165) is 29.8 Å². The van der Waals surface area contributed by atoms with Crippen molar-refractivity contribution in [3.8, 4) is 23.0 Å². The molecular weight excluding hydrogens is 627 g/mol. The van der Waals surface area contributed by atoms with E-state index in [1.165, 1.54) is 67.9 Å². The van der Waals surface area contributed by atoms with Gasteiger partial charge in [-0.15, -0.1) is 0 Å². The molecule has 0 atom stereocenters. The van der Waals surface area contributed by atoms with Crippen LogP contribution >= 0.6 is 0 Å². The average molecular weight is 652 g/mol. The molecule has 0 aliphatic carbocycles. The van der Waals surface area contributed by atoms with Gasteiger partial charge in [-0.1, -0.05) is 17.7 Å². The van der Waals surface area contributed by atoms with Gasteiger partial charge < -0.3 is 20.1 Å². The molecule has 14 heteroatoms. The van der Waals surface area contributed by atoms with E-state index in [0.29, 0.717) is 22.7 Å². The van der Waals surface area contributed by atoms with Crippen molar-refractivity contribution in [1.29, 1.82) is 0 Å². The Hall–Kier alpha value is -6.70. The Labute approximate surface area is 271 Å². The van der Waals surface area contributed by atoms with Gasteiger partial charge in [-0.2, -0.15) is 0 Å². The molecule has 2 amide bonds. The quantitative estimate of drug-likeness (QED) is 0.175. The molecular formula is C34H24F3N7O4. The lowest BCUT2D eigenvalue weighted by Crippen LogP contribution is -2.14. The van der Waals surface area contributed by atoms with Crippen LogP contribution in [-0.2, 0) is 0 Å². The predicted octanol–water partition coefficient (Wildman–Crippen LogP) is 7.16. The molecule has 0 bridgehead atoms. The Kier molecular flexibility index (Phi) is 10.6. The molecule has 6 aromatic rings. The van der Waals surface area contributed by atoms with E-state index < -0.39 is 23.4 Å². The largest absolute Gasteiger partial charge is 0.454 e. The zero-order valence-electron chi connectivity index (χ0n) is 25.0. The van der Waals surface area contributed by atoms with Gasteiger partial charge in [0, 0.05) is 53.5 Å². The van der Waals surface area contributed by atoms with Gasteiger partial charge in [0.2, 0.25) is 0 Å². The number of hydrogen-bond acceptors (Lipinski definition) is 9. The van der Waals surface area contributed by atoms with Crippen molar-refractivity contribution >= 4 is 23.2 Å². The first-order chi connectivity index (χ1) is 23.2. The number of halogens is 3. The first kappa shape index (κ1) is 32.7. The first-order valence-electron chi connectivity index (χ1n) is 14.0. The lowest BCUT2D eigenvalue weighted by molar-refractivity contribution is 0.101. The molecule has 240 valence electrons. The molecule has 0 radical (unpaired) electrons. The highest BCUT2D eigenvalue weighted by Gasteiger charge is 2.12. The van der Waals surface area contributed by atoms with Crippen molar-refractivity contribution < 1.29 is 32.2 Å². The maximum absolute atomic E-state index is 13.8. The zero-order valence-corrected chi connectivity index (χ0v) is 25.0. The summed E-state index contributed by atoms with van der Waals surface area (Å²) in [6, 6.07) is 16.9. The van der Waals surface area contributed by atoms with Crippen LogP contribution in [0.3, 0.4) is 0 Å². The van der Waals surface area contributed by atoms with Gasteiger partial charge in [-0.3, -0.25) is 14.6 Å². The zero-order chi connectivity index (χ0) is 33.9. The number of rotatable bonds is 8. The van der Waals surface area contributed by atoms with Gasteiger partial charge in [-0.05, 0) is 37.3 Å². The highest BCUT2D eigenvalue weighted by atomic mass is 19.1. The van der Waals surface area contributed by atoms with Crippen molar-refractivity contribution in [2.24, 2.45) is 0 Å². The molecule has 0 aliphatic rings. The number of pyridine rings is 1. The van der Waals surface area contributed by atoms with Gasteiger partial charge in [-0.25, -0.2) is 33.1 Å². The minimum atomic E-state index is -0.672. The molecule has 0 saturated heterocycles. The number of nitrogens with zero attached hydrogens (tertiary/aromatic N) is 5. The number of nitrogens with one attached hydrogen (secondary N) is 2. The summed E-state index contributed by atoms with van der Waals surface area (Å²) in [6.45, 7) is 1.90. The van der Waals surface area contributed by atoms with Crippen LogP contribution in [0.15, 0.2) is 116 Å². The molecule has 11 nitrogen and oxygen atoms in total. The van der Waals surface area contributed by atoms with Crippen LogP contribution in [0.1, 0.15) is 26.4 Å². The maximum atomic E-state index is 13.8. The molecule has 3 aromatic heterocycles. The number of aryl methyl sites for hydroxylation is 1. The average Bonchev–Trinajstić information content (AvgIpc) is 3.05. The van der Waals surface area contributed by atoms with Gasteiger partial charge in [0.1, 0.15) is 47.3 Å². The summed E-state index contributed by atoms with van der Waals surface area (Å²) in [5, 5.41) is 5.10. The Bertz CT molecular complexity index is 1890. The Morgan fingerprint density at radius 3 is 1.67 bits per heavy atom. The fourth-order valence-electron chi connectivity index (χ4n) is 4.05. The molecule has 0 unspecified atom stereocenters. The summed E-state index contributed by atoms with van der Waals surface area (Å²) in [7, 11) is 0. The summed E-state index contributed by atoms with van der Waals surface area (Å²) in [4.78, 5) is 43.2. The normalized spacial score (nSPS) is 10.2. The summed E-state index contributed by atoms with van der Waals surface area (Å²) in [6.07, 6.45) is 9.60. The Morgan fingerprint density at radius 2 is 1.15 bits per heavy atom. The second-order valence-corrected chi connectivity index (χ2v) is 9.84. The topological polar surface area (TPSA) is 141 Å². The lowest BCUT2D eigenvalue weighted by Gasteiger charge is -2.09. The van der Waals surface area contributed by atoms with E-state index >= 15 is 0 Å². The van der Waals surface area contributed by atoms with Gasteiger partial charge >= 0.3 is 0 Å². The molecule has 2 N–H and O–H groups in total. The number of benzene rings is 3. The third-order valence-corrected chi connectivity index (χ3v) is 6.04. The summed E-state index contributed by atoms with van der Waals surface area (Å²) < 4.78 is 51.5. The van der Waals surface area contributed by atoms with Crippen LogP contribution in [0.5, 0.6) is 23.0 Å². The highest BCUT2D eigenvalue weighted by molar-refractivity contribution is 6.04. The second kappa shape index (κ2) is 15.5. The first-order valence-corrected chi connectivity index (χ1v) is 14.0. The van der Waals surface area contributed by atoms with Crippen molar-refractivity contribution in [3.05, 3.63) is 151 Å². The molecule has 0 spiro atoms. The third-order valence-electron chi connectivity index (χ3n) is 6.04. The fraction of sp³-hybridized carbons (Fsp3) is 0.0294. The van der Waals surface area contributed by atoms with Gasteiger partial charge in [0.15, 0.2) is 11.5 Å². The van der Waals surface area contributed by atoms with Crippen molar-refractivity contribution in [3.63, 3.8) is 0 Å². The van der Waals surface area contributed by atoms with Crippen molar-refractivity contribution in [2.45, 2.75) is 6.92 Å². The Morgan fingerprint density at radius 1 is 0.604 bits per heavy atom. The van der Waals surface area contributed by atoms with Crippen LogP contribution in [0.4, 0.5) is 24.5 Å². The summed E-state index contributed by atoms with van der Waals surface area (Å²) in [5.41, 5.74) is 1.78. The molecule has 48 heavy (non-hydrogen) atoms. The molecule has 0 fully saturated rings. The molecule has 0 aliphatic heterocycles. The number of ether oxygens (including phenoxy) is 2. The lowest BCUT2D eigenvalue weighted by atomic mass is 10.1. The minimum Gasteiger partial charge on any atom is -0.454 e. The predicted molar refractivity (Wildman–Crippen MR) is 168 cm³/mol. The van der Waals surface area contributed by atoms with Crippen molar-refractivity contribution in [2.75, 3.05) is 10.6 Å². The summed E-state index contributed by atoms with van der Waals surface area (Å²) >= 11 is 0. The number of carbonyl (C=O) groups excluding carboxylic acids is 2. The molecule has 6 rings (SSSR count). The van der Waals surface area contributed by atoms with Crippen LogP contribution in [0, 0.1) is 24.4 Å². The standard InChI is InChI=1S/C18H14FN3O2.C16H10F2N4O2/c1-12-3-2-4-13(5-12)18(23)22-15-6-14(19)7-16(8-15)24-17-9-20-11-21-10-17;17-10-1-2-21-15(5-10)16(23)22-12-3-11(18)4-13(6-12)24-14-7-19-9-20-8-14/h2-11H,1H3,(H,22,23);1-9H,(H,22,23). The van der Waals surface area contributed by atoms with E-state index in [-0.39, 0.29) is 28.8 Å². The van der Waals surface area contributed by atoms with Gasteiger partial charge in [0.25, 0.3) is 11.8 Å². The Balaban J connectivity index is 0.000000188. The second-order valence-electron chi connectivity index (χ2n) is 9.84. The van der Waals surface area contributed by atoms with Crippen molar-refractivity contribution in [1.82, 2.24) is 24.9 Å². The van der Waals surface area contributed by atoms with Crippen LogP contribution in [0.25, 0.3) is 0 Å². The monoisotopic (exact) mass is 651 g/mol. The minimum absolute atomic E-state index is 0.127. The van der Waals surface area contributed by atoms with E-state index in [1.807, 2.05) is 13.0 Å². The number of carbonyl (C=O) groups is 2. The highest BCUT2D eigenvalue weighted by Crippen LogP contribution is 2.26. The molecule has 3 aromatic carbocycles. The van der Waals surface area contributed by atoms with E-state index in [4.69, 9.17) is 9.47 Å². The van der Waals surface area contributed by atoms with E-state index in [9.17, 15) is 22.8 Å². The van der Waals surface area contributed by atoms with Gasteiger partial charge in [0.05, 0.1) is 24.8 Å². The van der Waals surface area contributed by atoms with Crippen LogP contribution in [-0.4, -0.2) is 36.7 Å². The van der Waals surface area contributed by atoms with E-state index in [1.54, 1.807) is 18.2 Å². The smallest absolute Gasteiger partial charge is 0.274 e. The number of hydrogen-bond donors (Lipinski definition) is 2. The maximum Gasteiger partial charge on any atom is 0.274 e. The fourth-order valence-corrected chi connectivity index (χ4v) is 4.05. The van der Waals surface area contributed by atoms with Crippen LogP contribution < -0.4 is 20.1 Å². The summed E-state index contributed by atoms with van der Waals surface area (Å²) in [5.74, 6) is -1.66. The van der Waals surface area contributed by atoms with E-state index in [2.05, 4.69) is 35.6 Å². The van der Waals surface area contributed by atoms with Crippen LogP contribution in [0.2, 0.25) is 0 Å². The molecule has 3 heterocycles. The molecule has 0 saturated carbocycles.